The van der Waals surface area contributed by atoms with Crippen molar-refractivity contribution in [1.29, 1.82) is 0 Å². The zero-order valence-electron chi connectivity index (χ0n) is 13.5. The maximum Gasteiger partial charge on any atom is 0.253 e. The molecule has 0 atom stereocenters. The predicted octanol–water partition coefficient (Wildman–Crippen LogP) is 2.49. The maximum atomic E-state index is 12.2. The van der Waals surface area contributed by atoms with E-state index < -0.39 is 0 Å². The normalized spacial score (nSPS) is 10.1. The van der Waals surface area contributed by atoms with Gasteiger partial charge in [0.1, 0.15) is 0 Å². The van der Waals surface area contributed by atoms with Crippen molar-refractivity contribution in [1.82, 2.24) is 10.2 Å². The number of nitrogens with zero attached hydrogens (tertiary/aromatic N) is 1. The molecule has 0 heterocycles. The summed E-state index contributed by atoms with van der Waals surface area (Å²) in [5.74, 6) is 0.0526. The lowest BCUT2D eigenvalue weighted by Crippen LogP contribution is -2.31. The molecule has 0 radical (unpaired) electrons. The van der Waals surface area contributed by atoms with Crippen LogP contribution in [0.15, 0.2) is 24.3 Å². The van der Waals surface area contributed by atoms with Crippen LogP contribution in [0.5, 0.6) is 0 Å². The van der Waals surface area contributed by atoms with Crippen molar-refractivity contribution in [2.75, 3.05) is 38.7 Å². The lowest BCUT2D eigenvalue weighted by molar-refractivity contribution is 0.0773. The maximum absolute atomic E-state index is 12.2. The Morgan fingerprint density at radius 2 is 1.86 bits per heavy atom. The molecule has 1 amide bonds. The van der Waals surface area contributed by atoms with Gasteiger partial charge >= 0.3 is 0 Å². The molecular weight excluding hydrogens is 298 g/mol. The number of carbonyl (C=O) groups excluding carboxylic acids is 1. The number of anilines is 1. The van der Waals surface area contributed by atoms with Gasteiger partial charge in [0.05, 0.1) is 0 Å². The van der Waals surface area contributed by atoms with Gasteiger partial charge in [-0.25, -0.2) is 0 Å². The Balaban J connectivity index is 2.51. The van der Waals surface area contributed by atoms with Crippen molar-refractivity contribution in [3.8, 4) is 0 Å². The van der Waals surface area contributed by atoms with Crippen LogP contribution in [0.4, 0.5) is 5.69 Å². The average molecular weight is 323 g/mol. The molecule has 0 aromatic heterocycles. The second-order valence-corrected chi connectivity index (χ2v) is 5.19. The van der Waals surface area contributed by atoms with E-state index in [0.717, 1.165) is 18.7 Å². The van der Waals surface area contributed by atoms with Crippen molar-refractivity contribution in [3.63, 3.8) is 0 Å². The van der Waals surface area contributed by atoms with E-state index in [2.05, 4.69) is 10.6 Å². The number of hydrogen-bond donors (Lipinski definition) is 2. The lowest BCUT2D eigenvalue weighted by Gasteiger charge is -2.18. The van der Waals surface area contributed by atoms with Crippen molar-refractivity contribution < 1.29 is 9.53 Å². The van der Waals surface area contributed by atoms with Crippen LogP contribution in [0.25, 0.3) is 0 Å². The molecule has 0 aliphatic heterocycles. The van der Waals surface area contributed by atoms with Gasteiger partial charge in [0.15, 0.2) is 5.11 Å². The van der Waals surface area contributed by atoms with E-state index in [9.17, 15) is 4.79 Å². The van der Waals surface area contributed by atoms with Crippen LogP contribution in [-0.2, 0) is 4.74 Å². The second kappa shape index (κ2) is 10.1. The number of carbonyl (C=O) groups is 1. The number of rotatable bonds is 8. The summed E-state index contributed by atoms with van der Waals surface area (Å²) >= 11 is 5.21. The summed E-state index contributed by atoms with van der Waals surface area (Å²) in [7, 11) is 1.68. The van der Waals surface area contributed by atoms with Gasteiger partial charge in [-0.1, -0.05) is 0 Å². The number of nitrogens with one attached hydrogen (secondary N) is 2. The highest BCUT2D eigenvalue weighted by Crippen LogP contribution is 2.11. The molecule has 2 N–H and O–H groups in total. The highest BCUT2D eigenvalue weighted by atomic mass is 32.1. The Bertz CT molecular complexity index is 473. The van der Waals surface area contributed by atoms with E-state index >= 15 is 0 Å². The van der Waals surface area contributed by atoms with Crippen molar-refractivity contribution >= 4 is 28.9 Å². The zero-order chi connectivity index (χ0) is 16.4. The van der Waals surface area contributed by atoms with Crippen LogP contribution in [0.2, 0.25) is 0 Å². The van der Waals surface area contributed by atoms with Gasteiger partial charge in [-0.15, -0.1) is 0 Å². The fraction of sp³-hybridized carbons (Fsp3) is 0.500. The molecule has 1 rings (SSSR count). The SMILES string of the molecule is CCN(CC)C(=O)c1ccc(NC(=S)NCCCOC)cc1. The Labute approximate surface area is 138 Å². The van der Waals surface area contributed by atoms with Crippen molar-refractivity contribution in [2.45, 2.75) is 20.3 Å². The van der Waals surface area contributed by atoms with Gasteiger partial charge in [0.2, 0.25) is 0 Å². The minimum atomic E-state index is 0.0526. The van der Waals surface area contributed by atoms with Crippen molar-refractivity contribution in [3.05, 3.63) is 29.8 Å². The third kappa shape index (κ3) is 5.99. The molecule has 0 aliphatic rings. The minimum Gasteiger partial charge on any atom is -0.385 e. The average Bonchev–Trinajstić information content (AvgIpc) is 2.53. The predicted molar refractivity (Wildman–Crippen MR) is 94.4 cm³/mol. The molecule has 5 nitrogen and oxygen atoms in total. The number of thiocarbonyl (C=S) groups is 1. The summed E-state index contributed by atoms with van der Waals surface area (Å²) in [6.07, 6.45) is 0.898. The third-order valence-electron chi connectivity index (χ3n) is 3.25. The Kier molecular flexibility index (Phi) is 8.47. The molecule has 0 aliphatic carbocycles. The largest absolute Gasteiger partial charge is 0.385 e. The van der Waals surface area contributed by atoms with E-state index in [-0.39, 0.29) is 5.91 Å². The zero-order valence-corrected chi connectivity index (χ0v) is 14.3. The molecule has 22 heavy (non-hydrogen) atoms. The first-order chi connectivity index (χ1) is 10.6. The number of methoxy groups -OCH3 is 1. The van der Waals surface area contributed by atoms with E-state index in [0.29, 0.717) is 30.4 Å². The molecule has 0 spiro atoms. The lowest BCUT2D eigenvalue weighted by atomic mass is 10.2. The fourth-order valence-corrected chi connectivity index (χ4v) is 2.20. The molecule has 1 aromatic rings. The molecule has 0 unspecified atom stereocenters. The van der Waals surface area contributed by atoms with Gasteiger partial charge in [-0.2, -0.15) is 0 Å². The van der Waals surface area contributed by atoms with E-state index in [1.165, 1.54) is 0 Å². The number of ether oxygens (including phenoxy) is 1. The molecule has 1 aromatic carbocycles. The summed E-state index contributed by atoms with van der Waals surface area (Å²) in [5, 5.41) is 6.77. The highest BCUT2D eigenvalue weighted by molar-refractivity contribution is 7.80. The number of amides is 1. The summed E-state index contributed by atoms with van der Waals surface area (Å²) in [6, 6.07) is 7.35. The van der Waals surface area contributed by atoms with Crippen LogP contribution in [-0.4, -0.2) is 49.3 Å². The van der Waals surface area contributed by atoms with Crippen LogP contribution in [0, 0.1) is 0 Å². The molecule has 0 saturated heterocycles. The summed E-state index contributed by atoms with van der Waals surface area (Å²) in [6.45, 7) is 6.85. The quantitative estimate of drug-likeness (QED) is 0.569. The first-order valence-electron chi connectivity index (χ1n) is 7.55. The fourth-order valence-electron chi connectivity index (χ4n) is 1.98. The third-order valence-corrected chi connectivity index (χ3v) is 3.50. The standard InChI is InChI=1S/C16H25N3O2S/c1-4-19(5-2)15(20)13-7-9-14(10-8-13)18-16(22)17-11-6-12-21-3/h7-10H,4-6,11-12H2,1-3H3,(H2,17,18,22). The van der Waals surface area contributed by atoms with Crippen LogP contribution in [0.1, 0.15) is 30.6 Å². The van der Waals surface area contributed by atoms with Crippen molar-refractivity contribution in [2.24, 2.45) is 0 Å². The minimum absolute atomic E-state index is 0.0526. The smallest absolute Gasteiger partial charge is 0.253 e. The monoisotopic (exact) mass is 323 g/mol. The van der Waals surface area contributed by atoms with Crippen LogP contribution >= 0.6 is 12.2 Å². The Hall–Kier alpha value is -1.66. The van der Waals surface area contributed by atoms with Gasteiger partial charge in [-0.05, 0) is 56.8 Å². The molecule has 0 bridgehead atoms. The van der Waals surface area contributed by atoms with E-state index in [1.54, 1.807) is 12.0 Å². The summed E-state index contributed by atoms with van der Waals surface area (Å²) in [4.78, 5) is 14.0. The number of hydrogen-bond acceptors (Lipinski definition) is 3. The topological polar surface area (TPSA) is 53.6 Å². The Morgan fingerprint density at radius 1 is 1.23 bits per heavy atom. The van der Waals surface area contributed by atoms with Gasteiger partial charge in [0, 0.05) is 44.6 Å². The van der Waals surface area contributed by atoms with Gasteiger partial charge in [0.25, 0.3) is 5.91 Å². The molecule has 6 heteroatoms. The highest BCUT2D eigenvalue weighted by Gasteiger charge is 2.11. The number of benzene rings is 1. The van der Waals surface area contributed by atoms with Gasteiger partial charge in [-0.3, -0.25) is 4.79 Å². The molecule has 0 saturated carbocycles. The second-order valence-electron chi connectivity index (χ2n) is 4.78. The van der Waals surface area contributed by atoms with Crippen LogP contribution in [0.3, 0.4) is 0 Å². The van der Waals surface area contributed by atoms with E-state index in [4.69, 9.17) is 17.0 Å². The molecule has 122 valence electrons. The summed E-state index contributed by atoms with van der Waals surface area (Å²) < 4.78 is 4.98. The first-order valence-corrected chi connectivity index (χ1v) is 7.96. The van der Waals surface area contributed by atoms with E-state index in [1.807, 2.05) is 38.1 Å². The summed E-state index contributed by atoms with van der Waals surface area (Å²) in [5.41, 5.74) is 1.55. The molecule has 0 fully saturated rings. The first kappa shape index (κ1) is 18.4. The molecular formula is C16H25N3O2S. The van der Waals surface area contributed by atoms with Crippen LogP contribution < -0.4 is 10.6 Å². The Morgan fingerprint density at radius 3 is 2.41 bits per heavy atom. The van der Waals surface area contributed by atoms with Gasteiger partial charge < -0.3 is 20.3 Å².